The number of carbonyl (C=O) groups excluding carboxylic acids is 2. The zero-order valence-corrected chi connectivity index (χ0v) is 22.1. The molecule has 0 aromatic carbocycles. The monoisotopic (exact) mass is 578 g/mol. The van der Waals surface area contributed by atoms with Crippen LogP contribution in [0.3, 0.4) is 0 Å². The van der Waals surface area contributed by atoms with Gasteiger partial charge < -0.3 is 31.4 Å². The second-order valence-corrected chi connectivity index (χ2v) is 10.1. The molecule has 16 nitrogen and oxygen atoms in total. The first-order chi connectivity index (χ1) is 18.6. The summed E-state index contributed by atoms with van der Waals surface area (Å²) < 4.78 is 7.29. The molecule has 0 saturated carbocycles. The number of oxime groups is 1. The molecule has 2 aliphatic rings. The summed E-state index contributed by atoms with van der Waals surface area (Å²) in [6.45, 7) is 3.37. The summed E-state index contributed by atoms with van der Waals surface area (Å²) >= 11 is 2.15. The minimum atomic E-state index is -1.28. The van der Waals surface area contributed by atoms with E-state index < -0.39 is 35.2 Å². The number of aromatic nitrogens is 4. The van der Waals surface area contributed by atoms with Crippen LogP contribution >= 0.6 is 23.3 Å². The van der Waals surface area contributed by atoms with Gasteiger partial charge in [0.05, 0.1) is 13.1 Å². The predicted molar refractivity (Wildman–Crippen MR) is 138 cm³/mol. The molecule has 2 aliphatic heterocycles. The number of nitrogens with two attached hydrogens (primary N) is 1. The van der Waals surface area contributed by atoms with E-state index in [2.05, 4.69) is 31.7 Å². The summed E-state index contributed by atoms with van der Waals surface area (Å²) in [7, 11) is 1.69. The van der Waals surface area contributed by atoms with Crippen LogP contribution in [0.15, 0.2) is 41.3 Å². The van der Waals surface area contributed by atoms with E-state index in [9.17, 15) is 24.3 Å². The maximum Gasteiger partial charge on any atom is 0.352 e. The average molecular weight is 579 g/mol. The Morgan fingerprint density at radius 2 is 2.18 bits per heavy atom. The Kier molecular flexibility index (Phi) is 8.15. The van der Waals surface area contributed by atoms with Gasteiger partial charge in [-0.3, -0.25) is 19.3 Å². The zero-order valence-electron chi connectivity index (χ0n) is 20.4. The lowest BCUT2D eigenvalue weighted by molar-refractivity contribution is -0.765. The first kappa shape index (κ1) is 27.6. The van der Waals surface area contributed by atoms with Crippen LogP contribution in [0.5, 0.6) is 0 Å². The molecule has 39 heavy (non-hydrogen) atoms. The summed E-state index contributed by atoms with van der Waals surface area (Å²) in [4.78, 5) is 59.3. The molecule has 2 amide bonds. The SMILES string of the molecule is C=CCON=C(C(=O)N[C@@H]1C(=O)N2C(C(=O)O)=C(C[n+]3ccc(NCC(=O)O)n3C)CS[C@H]12)c1nsc(N)n1. The Bertz CT molecular complexity index is 1400. The molecule has 0 spiro atoms. The molecule has 0 radical (unpaired) electrons. The van der Waals surface area contributed by atoms with Crippen LogP contribution in [0.4, 0.5) is 10.9 Å². The van der Waals surface area contributed by atoms with Crippen molar-refractivity contribution in [2.45, 2.75) is 18.0 Å². The van der Waals surface area contributed by atoms with Crippen molar-refractivity contribution in [3.05, 3.63) is 42.0 Å². The van der Waals surface area contributed by atoms with E-state index in [0.29, 0.717) is 11.4 Å². The van der Waals surface area contributed by atoms with E-state index in [1.807, 2.05) is 0 Å². The highest BCUT2D eigenvalue weighted by Gasteiger charge is 2.55. The van der Waals surface area contributed by atoms with Gasteiger partial charge >= 0.3 is 11.9 Å². The number of nitrogens with zero attached hydrogens (tertiary/aromatic N) is 6. The third-order valence-electron chi connectivity index (χ3n) is 5.67. The third-order valence-corrected chi connectivity index (χ3v) is 7.55. The fourth-order valence-corrected chi connectivity index (χ4v) is 5.65. The second kappa shape index (κ2) is 11.5. The maximum absolute atomic E-state index is 13.1. The van der Waals surface area contributed by atoms with E-state index in [1.165, 1.54) is 17.8 Å². The number of amides is 2. The van der Waals surface area contributed by atoms with Crippen molar-refractivity contribution in [1.82, 2.24) is 24.3 Å². The first-order valence-corrected chi connectivity index (χ1v) is 13.1. The lowest BCUT2D eigenvalue weighted by Gasteiger charge is -2.49. The normalized spacial score (nSPS) is 18.7. The third kappa shape index (κ3) is 5.70. The fraction of sp³-hybridized carbons (Fsp3) is 0.333. The molecule has 0 unspecified atom stereocenters. The van der Waals surface area contributed by atoms with Crippen molar-refractivity contribution in [3.63, 3.8) is 0 Å². The number of aliphatic carboxylic acids is 2. The molecule has 1 saturated heterocycles. The standard InChI is InChI=1S/C21H23N9O7S2/c1-3-6-37-26-13(16-25-21(22)39-27-16)17(33)24-14-18(34)30-15(20(35)36)10(9-38-19(14)30)8-29-5-4-11(28(29)2)23-7-12(31)32/h3-5,14,19H,1,6-9H2,2H3,(H5,22,24,25,27,31,32,33,35,36)/p+1/t14-,19-/m1/s1. The van der Waals surface area contributed by atoms with Gasteiger partial charge in [0.1, 0.15) is 30.3 Å². The van der Waals surface area contributed by atoms with E-state index in [-0.39, 0.29) is 47.8 Å². The summed E-state index contributed by atoms with van der Waals surface area (Å²) in [5.41, 5.74) is 5.63. The number of nitrogens with one attached hydrogen (secondary N) is 2. The Hall–Kier alpha value is -4.45. The second-order valence-electron chi connectivity index (χ2n) is 8.17. The largest absolute Gasteiger partial charge is 0.480 e. The summed E-state index contributed by atoms with van der Waals surface area (Å²) in [5, 5.41) is 27.4. The smallest absolute Gasteiger partial charge is 0.352 e. The molecule has 0 aliphatic carbocycles. The number of thioether (sulfide) groups is 1. The van der Waals surface area contributed by atoms with Gasteiger partial charge in [-0.2, -0.15) is 9.36 Å². The topological polar surface area (TPSA) is 218 Å². The van der Waals surface area contributed by atoms with Crippen LogP contribution < -0.4 is 21.0 Å². The number of fused-ring (bicyclic) bond motifs is 1. The number of carboxylic acids is 2. The van der Waals surface area contributed by atoms with Gasteiger partial charge in [-0.1, -0.05) is 17.8 Å². The minimum absolute atomic E-state index is 0.0107. The molecule has 2 atom stereocenters. The van der Waals surface area contributed by atoms with Crippen LogP contribution in [-0.2, 0) is 37.6 Å². The van der Waals surface area contributed by atoms with Crippen LogP contribution in [-0.4, -0.2) is 88.9 Å². The van der Waals surface area contributed by atoms with E-state index in [0.717, 1.165) is 16.4 Å². The number of hydrogen-bond acceptors (Lipinski definition) is 12. The molecule has 2 aromatic heterocycles. The van der Waals surface area contributed by atoms with Crippen molar-refractivity contribution >= 4 is 63.7 Å². The molecular formula is C21H24N9O7S2+. The van der Waals surface area contributed by atoms with Gasteiger partial charge in [0.2, 0.25) is 11.5 Å². The molecule has 206 valence electrons. The van der Waals surface area contributed by atoms with E-state index in [1.54, 1.807) is 28.7 Å². The quantitative estimate of drug-likeness (QED) is 0.0490. The number of anilines is 2. The van der Waals surface area contributed by atoms with Crippen LogP contribution in [0, 0.1) is 0 Å². The molecule has 4 heterocycles. The van der Waals surface area contributed by atoms with Crippen LogP contribution in [0.1, 0.15) is 5.82 Å². The van der Waals surface area contributed by atoms with Crippen molar-refractivity contribution in [3.8, 4) is 0 Å². The Morgan fingerprint density at radius 1 is 1.41 bits per heavy atom. The van der Waals surface area contributed by atoms with Gasteiger partial charge in [0, 0.05) is 22.9 Å². The van der Waals surface area contributed by atoms with Crippen molar-refractivity contribution in [2.75, 3.05) is 30.0 Å². The Labute approximate surface area is 228 Å². The number of hydrogen-bond donors (Lipinski definition) is 5. The van der Waals surface area contributed by atoms with Gasteiger partial charge in [-0.25, -0.2) is 4.79 Å². The molecule has 1 fully saturated rings. The number of rotatable bonds is 12. The number of nitrogen functional groups attached to an aromatic ring is 1. The maximum atomic E-state index is 13.1. The zero-order chi connectivity index (χ0) is 28.3. The summed E-state index contributed by atoms with van der Waals surface area (Å²) in [6.07, 6.45) is 3.09. The minimum Gasteiger partial charge on any atom is -0.480 e. The van der Waals surface area contributed by atoms with Crippen LogP contribution in [0.25, 0.3) is 0 Å². The van der Waals surface area contributed by atoms with Gasteiger partial charge in [0.25, 0.3) is 11.8 Å². The number of carbonyl (C=O) groups is 4. The predicted octanol–water partition coefficient (Wildman–Crippen LogP) is -1.41. The average Bonchev–Trinajstić information content (AvgIpc) is 3.48. The van der Waals surface area contributed by atoms with Gasteiger partial charge in [0.15, 0.2) is 23.7 Å². The van der Waals surface area contributed by atoms with Crippen molar-refractivity contribution < 1.29 is 38.9 Å². The lowest BCUT2D eigenvalue weighted by atomic mass is 10.0. The van der Waals surface area contributed by atoms with Crippen molar-refractivity contribution in [2.24, 2.45) is 12.2 Å². The molecule has 6 N–H and O–H groups in total. The Balaban J connectivity index is 1.51. The summed E-state index contributed by atoms with van der Waals surface area (Å²) in [5.74, 6) is -2.99. The summed E-state index contributed by atoms with van der Waals surface area (Å²) in [6, 6.07) is 0.639. The molecular weight excluding hydrogens is 554 g/mol. The van der Waals surface area contributed by atoms with Crippen LogP contribution in [0.2, 0.25) is 0 Å². The number of carboxylic acid groups (broad SMARTS) is 2. The van der Waals surface area contributed by atoms with E-state index in [4.69, 9.17) is 15.7 Å². The molecule has 0 bridgehead atoms. The molecule has 2 aromatic rings. The fourth-order valence-electron chi connectivity index (χ4n) is 3.88. The van der Waals surface area contributed by atoms with Gasteiger partial charge in [-0.05, 0) is 0 Å². The molecule has 18 heteroatoms. The van der Waals surface area contributed by atoms with Gasteiger partial charge in [-0.15, -0.1) is 21.1 Å². The molecule has 4 rings (SSSR count). The Morgan fingerprint density at radius 3 is 2.82 bits per heavy atom. The highest BCUT2D eigenvalue weighted by molar-refractivity contribution is 8.00. The number of β-lactam (4-membered cyclic amide) rings is 1. The first-order valence-electron chi connectivity index (χ1n) is 11.2. The van der Waals surface area contributed by atoms with E-state index >= 15 is 0 Å². The highest BCUT2D eigenvalue weighted by Crippen LogP contribution is 2.40. The lowest BCUT2D eigenvalue weighted by Crippen LogP contribution is -2.71. The highest BCUT2D eigenvalue weighted by atomic mass is 32.2. The van der Waals surface area contributed by atoms with Crippen molar-refractivity contribution in [1.29, 1.82) is 0 Å².